The van der Waals surface area contributed by atoms with Crippen LogP contribution in [0.15, 0.2) is 79.0 Å². The number of aromatic nitrogens is 3. The van der Waals surface area contributed by atoms with E-state index < -0.39 is 0 Å². The van der Waals surface area contributed by atoms with E-state index in [-0.39, 0.29) is 12.5 Å². The third-order valence-corrected chi connectivity index (χ3v) is 5.28. The highest BCUT2D eigenvalue weighted by Crippen LogP contribution is 2.21. The number of nitrogens with zero attached hydrogens (tertiary/aromatic N) is 4. The zero-order chi connectivity index (χ0) is 23.0. The molecule has 1 N–H and O–H groups in total. The van der Waals surface area contributed by atoms with Crippen molar-refractivity contribution in [2.45, 2.75) is 13.0 Å². The van der Waals surface area contributed by atoms with Crippen LogP contribution in [0.5, 0.6) is 5.75 Å². The highest BCUT2D eigenvalue weighted by Gasteiger charge is 2.14. The zero-order valence-electron chi connectivity index (χ0n) is 18.5. The van der Waals surface area contributed by atoms with Crippen molar-refractivity contribution in [1.82, 2.24) is 14.8 Å². The van der Waals surface area contributed by atoms with E-state index >= 15 is 0 Å². The maximum Gasteiger partial charge on any atom is 0.251 e. The van der Waals surface area contributed by atoms with Gasteiger partial charge < -0.3 is 14.7 Å². The lowest BCUT2D eigenvalue weighted by Crippen LogP contribution is -2.30. The fourth-order valence-corrected chi connectivity index (χ4v) is 3.61. The Kier molecular flexibility index (Phi) is 7.12. The Balaban J connectivity index is 1.60. The molecule has 1 amide bonds. The fourth-order valence-electron chi connectivity index (χ4n) is 3.61. The number of carbonyl (C=O) groups excluding carboxylic acids is 1. The van der Waals surface area contributed by atoms with Crippen LogP contribution in [0.4, 0.5) is 5.69 Å². The Bertz CT molecular complexity index is 1230. The first-order chi connectivity index (χ1) is 16.2. The maximum atomic E-state index is 13.0. The van der Waals surface area contributed by atoms with Gasteiger partial charge in [-0.05, 0) is 54.5 Å². The predicted octanol–water partition coefficient (Wildman–Crippen LogP) is 3.92. The number of methoxy groups -OCH3 is 1. The Morgan fingerprint density at radius 2 is 1.88 bits per heavy atom. The minimum atomic E-state index is -0.170. The zero-order valence-corrected chi connectivity index (χ0v) is 18.5. The molecule has 2 heterocycles. The number of aliphatic hydroxyl groups excluding tert-OH is 1. The van der Waals surface area contributed by atoms with Crippen molar-refractivity contribution in [3.63, 3.8) is 0 Å². The summed E-state index contributed by atoms with van der Waals surface area (Å²) in [6.45, 7) is 0.996. The van der Waals surface area contributed by atoms with Gasteiger partial charge in [-0.1, -0.05) is 30.3 Å². The van der Waals surface area contributed by atoms with Gasteiger partial charge in [0, 0.05) is 36.5 Å². The standard InChI is InChI=1S/C26H26N4O3/c1-33-22-12-10-20(11-13-22)19-30-26-23(9-5-16-27-26)24(28-30)14-15-25(32)29(17-6-18-31)21-7-3-2-4-8-21/h2-5,7-16,31H,6,17-19H2,1H3/b15-14+. The molecule has 0 aliphatic carbocycles. The number of carbonyl (C=O) groups is 1. The third kappa shape index (κ3) is 5.27. The van der Waals surface area contributed by atoms with Crippen LogP contribution in [-0.2, 0) is 11.3 Å². The van der Waals surface area contributed by atoms with Crippen LogP contribution in [0.1, 0.15) is 17.7 Å². The molecule has 7 heteroatoms. The van der Waals surface area contributed by atoms with Crippen molar-refractivity contribution < 1.29 is 14.6 Å². The molecule has 4 rings (SSSR count). The molecule has 0 atom stereocenters. The molecule has 0 aliphatic heterocycles. The quantitative estimate of drug-likeness (QED) is 0.398. The number of benzene rings is 2. The van der Waals surface area contributed by atoms with Gasteiger partial charge >= 0.3 is 0 Å². The molecule has 0 spiro atoms. The molecular weight excluding hydrogens is 416 g/mol. The second kappa shape index (κ2) is 10.6. The Labute approximate surface area is 192 Å². The summed E-state index contributed by atoms with van der Waals surface area (Å²) in [7, 11) is 1.64. The Morgan fingerprint density at radius 3 is 2.61 bits per heavy atom. The topological polar surface area (TPSA) is 80.5 Å². The summed E-state index contributed by atoms with van der Waals surface area (Å²) in [6.07, 6.45) is 5.49. The first kappa shape index (κ1) is 22.2. The van der Waals surface area contributed by atoms with E-state index in [0.29, 0.717) is 25.2 Å². The van der Waals surface area contributed by atoms with E-state index in [1.807, 2.05) is 71.4 Å². The number of aliphatic hydroxyl groups is 1. The van der Waals surface area contributed by atoms with Crippen LogP contribution in [0, 0.1) is 0 Å². The van der Waals surface area contributed by atoms with Crippen LogP contribution < -0.4 is 9.64 Å². The van der Waals surface area contributed by atoms with E-state index in [1.165, 1.54) is 6.08 Å². The number of amides is 1. The molecule has 33 heavy (non-hydrogen) atoms. The molecule has 2 aromatic carbocycles. The molecule has 2 aromatic heterocycles. The molecule has 0 saturated carbocycles. The van der Waals surface area contributed by atoms with Crippen LogP contribution in [0.3, 0.4) is 0 Å². The van der Waals surface area contributed by atoms with Gasteiger partial charge in [-0.2, -0.15) is 5.10 Å². The second-order valence-corrected chi connectivity index (χ2v) is 7.50. The lowest BCUT2D eigenvalue weighted by molar-refractivity contribution is -0.114. The van der Waals surface area contributed by atoms with Gasteiger partial charge in [-0.15, -0.1) is 0 Å². The van der Waals surface area contributed by atoms with Gasteiger partial charge in [-0.3, -0.25) is 4.79 Å². The number of ether oxygens (including phenoxy) is 1. The van der Waals surface area contributed by atoms with Gasteiger partial charge in [0.15, 0.2) is 5.65 Å². The summed E-state index contributed by atoms with van der Waals surface area (Å²) in [5.41, 5.74) is 3.28. The van der Waals surface area contributed by atoms with Crippen LogP contribution in [0.2, 0.25) is 0 Å². The largest absolute Gasteiger partial charge is 0.497 e. The molecular formula is C26H26N4O3. The van der Waals surface area contributed by atoms with E-state index in [9.17, 15) is 9.90 Å². The monoisotopic (exact) mass is 442 g/mol. The van der Waals surface area contributed by atoms with E-state index in [4.69, 9.17) is 9.84 Å². The van der Waals surface area contributed by atoms with Crippen LogP contribution >= 0.6 is 0 Å². The van der Waals surface area contributed by atoms with Gasteiger partial charge in [0.05, 0.1) is 19.3 Å². The summed E-state index contributed by atoms with van der Waals surface area (Å²) in [5, 5.41) is 14.8. The number of hydrogen-bond donors (Lipinski definition) is 1. The SMILES string of the molecule is COc1ccc(Cn2nc(/C=C/C(=O)N(CCCO)c3ccccc3)c3cccnc32)cc1. The molecule has 4 aromatic rings. The molecule has 7 nitrogen and oxygen atoms in total. The fraction of sp³-hybridized carbons (Fsp3) is 0.192. The average molecular weight is 443 g/mol. The first-order valence-corrected chi connectivity index (χ1v) is 10.8. The number of pyridine rings is 1. The van der Waals surface area contributed by atoms with Gasteiger partial charge in [0.25, 0.3) is 5.91 Å². The molecule has 0 fully saturated rings. The lowest BCUT2D eigenvalue weighted by Gasteiger charge is -2.20. The minimum Gasteiger partial charge on any atom is -0.497 e. The Hall–Kier alpha value is -3.97. The number of anilines is 1. The highest BCUT2D eigenvalue weighted by molar-refractivity contribution is 6.04. The predicted molar refractivity (Wildman–Crippen MR) is 129 cm³/mol. The summed E-state index contributed by atoms with van der Waals surface area (Å²) < 4.78 is 7.07. The van der Waals surface area contributed by atoms with Crippen molar-refractivity contribution in [1.29, 1.82) is 0 Å². The molecule has 0 radical (unpaired) electrons. The van der Waals surface area contributed by atoms with Gasteiger partial charge in [0.2, 0.25) is 0 Å². The van der Waals surface area contributed by atoms with Crippen LogP contribution in [0.25, 0.3) is 17.1 Å². The smallest absolute Gasteiger partial charge is 0.251 e. The maximum absolute atomic E-state index is 13.0. The number of fused-ring (bicyclic) bond motifs is 1. The first-order valence-electron chi connectivity index (χ1n) is 10.8. The Morgan fingerprint density at radius 1 is 1.09 bits per heavy atom. The second-order valence-electron chi connectivity index (χ2n) is 7.50. The van der Waals surface area contributed by atoms with Crippen molar-refractivity contribution >= 4 is 28.7 Å². The normalized spacial score (nSPS) is 11.2. The van der Waals surface area contributed by atoms with Crippen molar-refractivity contribution in [2.75, 3.05) is 25.2 Å². The molecule has 168 valence electrons. The van der Waals surface area contributed by atoms with Gasteiger partial charge in [-0.25, -0.2) is 9.67 Å². The van der Waals surface area contributed by atoms with E-state index in [0.717, 1.165) is 28.0 Å². The number of para-hydroxylation sites is 1. The number of rotatable bonds is 9. The average Bonchev–Trinajstić information content (AvgIpc) is 3.21. The molecule has 0 saturated heterocycles. The van der Waals surface area contributed by atoms with E-state index in [2.05, 4.69) is 4.98 Å². The highest BCUT2D eigenvalue weighted by atomic mass is 16.5. The summed E-state index contributed by atoms with van der Waals surface area (Å²) in [6, 6.07) is 21.1. The van der Waals surface area contributed by atoms with E-state index in [1.54, 1.807) is 24.3 Å². The van der Waals surface area contributed by atoms with Crippen molar-refractivity contribution in [3.8, 4) is 5.75 Å². The minimum absolute atomic E-state index is 0.0202. The molecule has 0 aliphatic rings. The third-order valence-electron chi connectivity index (χ3n) is 5.28. The molecule has 0 unspecified atom stereocenters. The lowest BCUT2D eigenvalue weighted by atomic mass is 10.2. The van der Waals surface area contributed by atoms with Crippen molar-refractivity contribution in [2.24, 2.45) is 0 Å². The number of hydrogen-bond acceptors (Lipinski definition) is 5. The van der Waals surface area contributed by atoms with Crippen LogP contribution in [-0.4, -0.2) is 46.0 Å². The summed E-state index contributed by atoms with van der Waals surface area (Å²) in [5.74, 6) is 0.630. The van der Waals surface area contributed by atoms with Crippen molar-refractivity contribution in [3.05, 3.63) is 90.3 Å². The summed E-state index contributed by atoms with van der Waals surface area (Å²) >= 11 is 0. The molecule has 0 bridgehead atoms. The van der Waals surface area contributed by atoms with Gasteiger partial charge in [0.1, 0.15) is 5.75 Å². The summed E-state index contributed by atoms with van der Waals surface area (Å²) in [4.78, 5) is 19.2.